The van der Waals surface area contributed by atoms with Gasteiger partial charge in [0.2, 0.25) is 5.95 Å². The summed E-state index contributed by atoms with van der Waals surface area (Å²) in [6.07, 6.45) is 7.04. The van der Waals surface area contributed by atoms with E-state index in [1.54, 1.807) is 17.2 Å². The van der Waals surface area contributed by atoms with Gasteiger partial charge in [0.1, 0.15) is 5.39 Å². The average molecular weight is 397 g/mol. The van der Waals surface area contributed by atoms with Crippen LogP contribution >= 0.6 is 0 Å². The maximum Gasteiger partial charge on any atom is 0.263 e. The maximum absolute atomic E-state index is 12.5. The number of H-pyrrole nitrogens is 1. The lowest BCUT2D eigenvalue weighted by molar-refractivity contribution is 0.795. The first-order chi connectivity index (χ1) is 14.8. The minimum Gasteiger partial charge on any atom is -0.352 e. The van der Waals surface area contributed by atoms with Crippen LogP contribution in [0.15, 0.2) is 84.3 Å². The molecular weight excluding hydrogens is 378 g/mol. The minimum absolute atomic E-state index is 0.224. The van der Waals surface area contributed by atoms with E-state index in [0.717, 1.165) is 17.8 Å². The van der Waals surface area contributed by atoms with Crippen LogP contribution in [-0.2, 0) is 13.1 Å². The third-order valence-corrected chi connectivity index (χ3v) is 4.81. The molecule has 5 rings (SSSR count). The van der Waals surface area contributed by atoms with Gasteiger partial charge in [-0.15, -0.1) is 0 Å². The van der Waals surface area contributed by atoms with Gasteiger partial charge >= 0.3 is 0 Å². The standard InChI is InChI=1S/C22H19N7O/c30-21-19-13-25-29(18-7-2-1-3-8-18)20(19)26-22(27-21)24-12-16-5-4-6-17(11-16)14-28-10-9-23-15-28/h1-11,13,15H,12,14H2,(H2,24,26,27,30). The Morgan fingerprint density at radius 2 is 1.90 bits per heavy atom. The molecule has 0 fully saturated rings. The molecule has 5 aromatic rings. The normalized spacial score (nSPS) is 11.1. The van der Waals surface area contributed by atoms with E-state index in [4.69, 9.17) is 0 Å². The molecule has 3 aromatic heterocycles. The highest BCUT2D eigenvalue weighted by Crippen LogP contribution is 2.15. The van der Waals surface area contributed by atoms with Gasteiger partial charge in [0.05, 0.1) is 18.2 Å². The van der Waals surface area contributed by atoms with Gasteiger partial charge in [0, 0.05) is 25.5 Å². The van der Waals surface area contributed by atoms with E-state index >= 15 is 0 Å². The fourth-order valence-electron chi connectivity index (χ4n) is 3.38. The summed E-state index contributed by atoms with van der Waals surface area (Å²) in [4.78, 5) is 24.0. The van der Waals surface area contributed by atoms with E-state index in [1.807, 2.05) is 53.2 Å². The number of benzene rings is 2. The number of rotatable bonds is 6. The summed E-state index contributed by atoms with van der Waals surface area (Å²) in [5.41, 5.74) is 3.40. The summed E-state index contributed by atoms with van der Waals surface area (Å²) in [6, 6.07) is 17.9. The van der Waals surface area contributed by atoms with Gasteiger partial charge in [0.25, 0.3) is 5.56 Å². The molecule has 148 valence electrons. The summed E-state index contributed by atoms with van der Waals surface area (Å²) in [6.45, 7) is 1.29. The molecule has 0 saturated heterocycles. The molecule has 0 radical (unpaired) electrons. The van der Waals surface area contributed by atoms with Crippen LogP contribution in [0.1, 0.15) is 11.1 Å². The number of fused-ring (bicyclic) bond motifs is 1. The first-order valence-electron chi connectivity index (χ1n) is 9.57. The van der Waals surface area contributed by atoms with Crippen LogP contribution in [0.25, 0.3) is 16.7 Å². The number of para-hydroxylation sites is 1. The summed E-state index contributed by atoms with van der Waals surface area (Å²) in [7, 11) is 0. The third-order valence-electron chi connectivity index (χ3n) is 4.81. The van der Waals surface area contributed by atoms with Gasteiger partial charge in [0.15, 0.2) is 5.65 Å². The van der Waals surface area contributed by atoms with Crippen LogP contribution in [0.2, 0.25) is 0 Å². The van der Waals surface area contributed by atoms with Gasteiger partial charge in [-0.2, -0.15) is 10.1 Å². The van der Waals surface area contributed by atoms with Crippen LogP contribution in [0, 0.1) is 0 Å². The molecule has 8 heteroatoms. The molecule has 0 bridgehead atoms. The molecule has 0 spiro atoms. The van der Waals surface area contributed by atoms with Gasteiger partial charge in [-0.3, -0.25) is 9.78 Å². The number of imidazole rings is 1. The number of anilines is 1. The Balaban J connectivity index is 1.39. The summed E-state index contributed by atoms with van der Waals surface area (Å²) < 4.78 is 3.69. The molecule has 2 aromatic carbocycles. The quantitative estimate of drug-likeness (QED) is 0.459. The third kappa shape index (κ3) is 3.58. The zero-order valence-electron chi connectivity index (χ0n) is 16.1. The lowest BCUT2D eigenvalue weighted by atomic mass is 10.1. The predicted molar refractivity (Wildman–Crippen MR) is 115 cm³/mol. The van der Waals surface area contributed by atoms with Crippen molar-refractivity contribution in [1.82, 2.24) is 29.3 Å². The van der Waals surface area contributed by atoms with Crippen molar-refractivity contribution in [3.05, 3.63) is 101 Å². The topological polar surface area (TPSA) is 93.4 Å². The molecular formula is C22H19N7O. The smallest absolute Gasteiger partial charge is 0.263 e. The largest absolute Gasteiger partial charge is 0.352 e. The van der Waals surface area contributed by atoms with E-state index in [2.05, 4.69) is 37.5 Å². The SMILES string of the molecule is O=c1[nH]c(NCc2cccc(Cn3ccnc3)c2)nc2c1cnn2-c1ccccc1. The Morgan fingerprint density at radius 1 is 1.03 bits per heavy atom. The van der Waals surface area contributed by atoms with Crippen LogP contribution in [-0.4, -0.2) is 29.3 Å². The summed E-state index contributed by atoms with van der Waals surface area (Å²) in [5, 5.41) is 8.00. The van der Waals surface area contributed by atoms with Crippen molar-refractivity contribution >= 4 is 17.0 Å². The van der Waals surface area contributed by atoms with Crippen LogP contribution in [0.4, 0.5) is 5.95 Å². The van der Waals surface area contributed by atoms with Crippen molar-refractivity contribution in [2.24, 2.45) is 0 Å². The maximum atomic E-state index is 12.5. The van der Waals surface area contributed by atoms with Crippen molar-refractivity contribution in [3.63, 3.8) is 0 Å². The summed E-state index contributed by atoms with van der Waals surface area (Å²) in [5.74, 6) is 0.408. The second-order valence-corrected chi connectivity index (χ2v) is 6.95. The van der Waals surface area contributed by atoms with E-state index in [-0.39, 0.29) is 5.56 Å². The molecule has 8 nitrogen and oxygen atoms in total. The van der Waals surface area contributed by atoms with Crippen molar-refractivity contribution in [2.45, 2.75) is 13.1 Å². The number of nitrogens with zero attached hydrogens (tertiary/aromatic N) is 5. The minimum atomic E-state index is -0.224. The van der Waals surface area contributed by atoms with E-state index in [1.165, 1.54) is 11.8 Å². The van der Waals surface area contributed by atoms with Gasteiger partial charge < -0.3 is 9.88 Å². The van der Waals surface area contributed by atoms with Crippen molar-refractivity contribution in [2.75, 3.05) is 5.32 Å². The van der Waals surface area contributed by atoms with E-state index in [0.29, 0.717) is 23.5 Å². The first-order valence-corrected chi connectivity index (χ1v) is 9.57. The number of aromatic nitrogens is 6. The number of hydrogen-bond donors (Lipinski definition) is 2. The molecule has 0 amide bonds. The Bertz CT molecular complexity index is 1340. The monoisotopic (exact) mass is 397 g/mol. The molecule has 0 saturated carbocycles. The molecule has 0 atom stereocenters. The number of aromatic amines is 1. The van der Waals surface area contributed by atoms with Crippen molar-refractivity contribution in [1.29, 1.82) is 0 Å². The van der Waals surface area contributed by atoms with Crippen LogP contribution in [0.3, 0.4) is 0 Å². The molecule has 3 heterocycles. The highest BCUT2D eigenvalue weighted by molar-refractivity contribution is 5.76. The zero-order valence-corrected chi connectivity index (χ0v) is 16.1. The predicted octanol–water partition coefficient (Wildman–Crippen LogP) is 2.97. The van der Waals surface area contributed by atoms with Gasteiger partial charge in [-0.25, -0.2) is 9.67 Å². The summed E-state index contributed by atoms with van der Waals surface area (Å²) >= 11 is 0. The average Bonchev–Trinajstić information content (AvgIpc) is 3.43. The zero-order chi connectivity index (χ0) is 20.3. The fourth-order valence-corrected chi connectivity index (χ4v) is 3.38. The van der Waals surface area contributed by atoms with Crippen LogP contribution in [0.5, 0.6) is 0 Å². The molecule has 0 aliphatic heterocycles. The fraction of sp³-hybridized carbons (Fsp3) is 0.0909. The highest BCUT2D eigenvalue weighted by Gasteiger charge is 2.11. The van der Waals surface area contributed by atoms with E-state index < -0.39 is 0 Å². The molecule has 30 heavy (non-hydrogen) atoms. The lowest BCUT2D eigenvalue weighted by Crippen LogP contribution is -2.13. The molecule has 0 aliphatic carbocycles. The molecule has 0 unspecified atom stereocenters. The Kier molecular flexibility index (Phi) is 4.57. The van der Waals surface area contributed by atoms with Crippen molar-refractivity contribution < 1.29 is 0 Å². The Morgan fingerprint density at radius 3 is 2.73 bits per heavy atom. The number of hydrogen-bond acceptors (Lipinski definition) is 5. The second-order valence-electron chi connectivity index (χ2n) is 6.95. The van der Waals surface area contributed by atoms with Crippen LogP contribution < -0.4 is 10.9 Å². The Hall–Kier alpha value is -4.20. The van der Waals surface area contributed by atoms with E-state index in [9.17, 15) is 4.79 Å². The molecule has 0 aliphatic rings. The first kappa shape index (κ1) is 17.9. The van der Waals surface area contributed by atoms with Crippen molar-refractivity contribution in [3.8, 4) is 5.69 Å². The highest BCUT2D eigenvalue weighted by atomic mass is 16.1. The lowest BCUT2D eigenvalue weighted by Gasteiger charge is -2.09. The van der Waals surface area contributed by atoms with Gasteiger partial charge in [-0.1, -0.05) is 42.5 Å². The number of nitrogens with one attached hydrogen (secondary N) is 2. The second kappa shape index (κ2) is 7.67. The Labute approximate surface area is 171 Å². The van der Waals surface area contributed by atoms with Gasteiger partial charge in [-0.05, 0) is 23.3 Å². The molecule has 2 N–H and O–H groups in total.